The average molecular weight is 654 g/mol. The summed E-state index contributed by atoms with van der Waals surface area (Å²) in [5.74, 6) is 0.0241. The van der Waals surface area contributed by atoms with E-state index in [2.05, 4.69) is 80.5 Å². The van der Waals surface area contributed by atoms with E-state index in [1.54, 1.807) is 0 Å². The van der Waals surface area contributed by atoms with E-state index >= 15 is 0 Å². The first kappa shape index (κ1) is 36.9. The fraction of sp³-hybridized carbons (Fsp3) is 0.500. The zero-order chi connectivity index (χ0) is 34.6. The smallest absolute Gasteiger partial charge is 0.336 e. The Kier molecular flexibility index (Phi) is 13.8. The molecule has 0 aliphatic heterocycles. The van der Waals surface area contributed by atoms with Crippen LogP contribution in [0.5, 0.6) is 5.75 Å². The number of aryl methyl sites for hydroxylation is 1. The maximum Gasteiger partial charge on any atom is 0.336 e. The monoisotopic (exact) mass is 653 g/mol. The average Bonchev–Trinajstić information content (AvgIpc) is 3.39. The maximum absolute atomic E-state index is 12.6. The highest BCUT2D eigenvalue weighted by Gasteiger charge is 2.23. The van der Waals surface area contributed by atoms with Crippen LogP contribution in [0.25, 0.3) is 22.0 Å². The van der Waals surface area contributed by atoms with Crippen LogP contribution in [-0.2, 0) is 19.4 Å². The number of unbranched alkanes of at least 4 members (excludes halogenated alkanes) is 6. The number of anilines is 2. The largest absolute Gasteiger partial charge is 0.493 e. The molecule has 0 bridgehead atoms. The molecule has 0 unspecified atom stereocenters. The van der Waals surface area contributed by atoms with Gasteiger partial charge in [0.2, 0.25) is 0 Å². The Morgan fingerprint density at radius 3 is 2.17 bits per heavy atom. The standard InChI is InChI=1S/C42H59N3O3/c1-8-13-15-16-17-18-26-45-38(10-3)37(28-31-22-23-32(43(6)7)29-36(31)42(46)47)41-35(20-19-21-39(41)45)34-25-24-33(44(11-4)12-5)30-40(34)48-27-14-9-2/h19-25,29-30H,8-18,26-28H2,1-7H3,(H,46,47). The summed E-state index contributed by atoms with van der Waals surface area (Å²) in [7, 11) is 3.90. The molecule has 0 saturated carbocycles. The zero-order valence-corrected chi connectivity index (χ0v) is 30.7. The van der Waals surface area contributed by atoms with Gasteiger partial charge in [-0.15, -0.1) is 0 Å². The Morgan fingerprint density at radius 2 is 1.50 bits per heavy atom. The summed E-state index contributed by atoms with van der Waals surface area (Å²) in [4.78, 5) is 16.9. The highest BCUT2D eigenvalue weighted by atomic mass is 16.5. The molecule has 0 aliphatic rings. The van der Waals surface area contributed by atoms with Crippen LogP contribution in [0.15, 0.2) is 54.6 Å². The van der Waals surface area contributed by atoms with Gasteiger partial charge in [-0.05, 0) is 80.1 Å². The topological polar surface area (TPSA) is 57.9 Å². The minimum absolute atomic E-state index is 0.365. The van der Waals surface area contributed by atoms with Crippen LogP contribution < -0.4 is 14.5 Å². The van der Waals surface area contributed by atoms with Crippen LogP contribution in [0.4, 0.5) is 11.4 Å². The van der Waals surface area contributed by atoms with Gasteiger partial charge in [0.1, 0.15) is 5.75 Å². The highest BCUT2D eigenvalue weighted by Crippen LogP contribution is 2.42. The Bertz CT molecular complexity index is 1630. The van der Waals surface area contributed by atoms with Crippen molar-refractivity contribution in [2.75, 3.05) is 43.6 Å². The Morgan fingerprint density at radius 1 is 0.792 bits per heavy atom. The predicted molar refractivity (Wildman–Crippen MR) is 205 cm³/mol. The lowest BCUT2D eigenvalue weighted by Gasteiger charge is -2.23. The number of carboxylic acids is 1. The van der Waals surface area contributed by atoms with E-state index in [1.807, 2.05) is 37.2 Å². The molecular formula is C42H59N3O3. The molecule has 4 aromatic rings. The van der Waals surface area contributed by atoms with Crippen LogP contribution in [0.1, 0.15) is 113 Å². The SMILES string of the molecule is CCCCCCCCn1c(CC)c(Cc2ccc(N(C)C)cc2C(=O)O)c2c(-c3ccc(N(CC)CC)cc3OCCCC)cccc21. The van der Waals surface area contributed by atoms with Crippen molar-refractivity contribution in [2.24, 2.45) is 0 Å². The second kappa shape index (κ2) is 18.0. The number of rotatable bonds is 20. The van der Waals surface area contributed by atoms with Gasteiger partial charge >= 0.3 is 5.97 Å². The van der Waals surface area contributed by atoms with Crippen molar-refractivity contribution in [3.63, 3.8) is 0 Å². The van der Waals surface area contributed by atoms with Gasteiger partial charge < -0.3 is 24.2 Å². The van der Waals surface area contributed by atoms with E-state index in [0.717, 1.165) is 73.4 Å². The van der Waals surface area contributed by atoms with Gasteiger partial charge in [0.05, 0.1) is 12.2 Å². The number of hydrogen-bond donors (Lipinski definition) is 1. The third-order valence-corrected chi connectivity index (χ3v) is 9.73. The van der Waals surface area contributed by atoms with Gasteiger partial charge in [0.15, 0.2) is 0 Å². The molecule has 0 atom stereocenters. The van der Waals surface area contributed by atoms with Crippen LogP contribution in [0.3, 0.4) is 0 Å². The second-order valence-corrected chi connectivity index (χ2v) is 13.2. The zero-order valence-electron chi connectivity index (χ0n) is 30.7. The summed E-state index contributed by atoms with van der Waals surface area (Å²) >= 11 is 0. The number of benzene rings is 3. The molecule has 4 rings (SSSR count). The van der Waals surface area contributed by atoms with E-state index < -0.39 is 5.97 Å². The van der Waals surface area contributed by atoms with Gasteiger partial charge in [-0.2, -0.15) is 0 Å². The first-order valence-electron chi connectivity index (χ1n) is 18.5. The molecule has 0 spiro atoms. The van der Waals surface area contributed by atoms with E-state index in [4.69, 9.17) is 4.74 Å². The van der Waals surface area contributed by atoms with Crippen molar-refractivity contribution in [3.05, 3.63) is 77.0 Å². The molecule has 260 valence electrons. The number of nitrogens with zero attached hydrogens (tertiary/aromatic N) is 3. The molecule has 6 nitrogen and oxygen atoms in total. The lowest BCUT2D eigenvalue weighted by Crippen LogP contribution is -2.21. The van der Waals surface area contributed by atoms with E-state index in [9.17, 15) is 9.90 Å². The molecule has 1 heterocycles. The van der Waals surface area contributed by atoms with Crippen LogP contribution in [0.2, 0.25) is 0 Å². The molecule has 6 heteroatoms. The van der Waals surface area contributed by atoms with Gasteiger partial charge in [-0.25, -0.2) is 4.79 Å². The lowest BCUT2D eigenvalue weighted by atomic mass is 9.92. The minimum atomic E-state index is -0.888. The van der Waals surface area contributed by atoms with Crippen molar-refractivity contribution in [2.45, 2.75) is 105 Å². The van der Waals surface area contributed by atoms with Gasteiger partial charge in [0, 0.05) is 79.8 Å². The molecule has 0 fully saturated rings. The van der Waals surface area contributed by atoms with Crippen molar-refractivity contribution in [1.29, 1.82) is 0 Å². The van der Waals surface area contributed by atoms with Crippen LogP contribution in [0, 0.1) is 0 Å². The quantitative estimate of drug-likeness (QED) is 0.0962. The van der Waals surface area contributed by atoms with E-state index in [-0.39, 0.29) is 0 Å². The van der Waals surface area contributed by atoms with Crippen molar-refractivity contribution in [3.8, 4) is 16.9 Å². The number of ether oxygens (including phenoxy) is 1. The summed E-state index contributed by atoms with van der Waals surface area (Å²) in [5.41, 5.74) is 9.26. The fourth-order valence-electron chi connectivity index (χ4n) is 7.01. The van der Waals surface area contributed by atoms with E-state index in [1.165, 1.54) is 60.0 Å². The third kappa shape index (κ3) is 8.56. The lowest BCUT2D eigenvalue weighted by molar-refractivity contribution is 0.0696. The van der Waals surface area contributed by atoms with E-state index in [0.29, 0.717) is 18.6 Å². The number of carboxylic acid groups (broad SMARTS) is 1. The number of aromatic carboxylic acids is 1. The molecule has 0 amide bonds. The molecule has 1 aromatic heterocycles. The first-order chi connectivity index (χ1) is 23.3. The number of fused-ring (bicyclic) bond motifs is 1. The van der Waals surface area contributed by atoms with Crippen molar-refractivity contribution < 1.29 is 14.6 Å². The summed E-state index contributed by atoms with van der Waals surface area (Å²) in [6, 6.07) is 19.2. The van der Waals surface area contributed by atoms with Gasteiger partial charge in [-0.1, -0.05) is 77.5 Å². The summed E-state index contributed by atoms with van der Waals surface area (Å²) in [6.45, 7) is 14.6. The Labute approximate surface area is 289 Å². The van der Waals surface area contributed by atoms with Gasteiger partial charge in [-0.3, -0.25) is 0 Å². The van der Waals surface area contributed by atoms with Crippen LogP contribution in [-0.4, -0.2) is 49.4 Å². The summed E-state index contributed by atoms with van der Waals surface area (Å²) in [5, 5.41) is 11.6. The molecule has 0 radical (unpaired) electrons. The minimum Gasteiger partial charge on any atom is -0.493 e. The number of carbonyl (C=O) groups is 1. The Hall–Kier alpha value is -3.93. The predicted octanol–water partition coefficient (Wildman–Crippen LogP) is 10.6. The molecule has 48 heavy (non-hydrogen) atoms. The highest BCUT2D eigenvalue weighted by molar-refractivity contribution is 6.01. The van der Waals surface area contributed by atoms with Crippen molar-refractivity contribution in [1.82, 2.24) is 4.57 Å². The molecular weight excluding hydrogens is 594 g/mol. The number of hydrogen-bond acceptors (Lipinski definition) is 4. The maximum atomic E-state index is 12.6. The Balaban J connectivity index is 1.93. The van der Waals surface area contributed by atoms with Crippen LogP contribution >= 0.6 is 0 Å². The summed E-state index contributed by atoms with van der Waals surface area (Å²) < 4.78 is 9.10. The second-order valence-electron chi connectivity index (χ2n) is 13.2. The third-order valence-electron chi connectivity index (χ3n) is 9.73. The van der Waals surface area contributed by atoms with Crippen molar-refractivity contribution >= 4 is 28.2 Å². The normalized spacial score (nSPS) is 11.3. The molecule has 0 saturated heterocycles. The molecule has 0 aliphatic carbocycles. The molecule has 3 aromatic carbocycles. The summed E-state index contributed by atoms with van der Waals surface area (Å²) in [6.07, 6.45) is 11.0. The fourth-order valence-corrected chi connectivity index (χ4v) is 7.01. The first-order valence-corrected chi connectivity index (χ1v) is 18.5. The number of aromatic nitrogens is 1. The van der Waals surface area contributed by atoms with Gasteiger partial charge in [0.25, 0.3) is 0 Å². The molecule has 1 N–H and O–H groups in total.